The summed E-state index contributed by atoms with van der Waals surface area (Å²) in [4.78, 5) is 13.0. The van der Waals surface area contributed by atoms with E-state index in [-0.39, 0.29) is 11.7 Å². The Balaban J connectivity index is 1.59. The maximum Gasteiger partial charge on any atom is 0.226 e. The number of benzene rings is 2. The van der Waals surface area contributed by atoms with Gasteiger partial charge in [0, 0.05) is 0 Å². The Kier molecular flexibility index (Phi) is 6.29. The lowest BCUT2D eigenvalue weighted by Crippen LogP contribution is -2.45. The minimum atomic E-state index is -3.74. The molecular formula is C23H23N5O3S. The van der Waals surface area contributed by atoms with Crippen LogP contribution in [-0.2, 0) is 16.6 Å². The van der Waals surface area contributed by atoms with Crippen LogP contribution >= 0.6 is 0 Å². The molecule has 9 heteroatoms. The molecule has 8 nitrogen and oxygen atoms in total. The quantitative estimate of drug-likeness (QED) is 0.542. The molecule has 3 aromatic rings. The van der Waals surface area contributed by atoms with Gasteiger partial charge in [0.25, 0.3) is 0 Å². The molecule has 1 heterocycles. The zero-order chi connectivity index (χ0) is 22.4. The standard InChI is InChI=1S/C23H23N5O3S/c24-32(29,30)16-23(13-7-2-8-14-23)28-22-26-17-25-21(27-22)19-11-5-6-12-20(19)31-15-18-9-3-1-4-10-18/h1-13,17H,14-16H2,(H2,24,29,30)(H,25,26,27,28). The molecule has 32 heavy (non-hydrogen) atoms. The second-order valence-corrected chi connectivity index (χ2v) is 9.10. The van der Waals surface area contributed by atoms with E-state index in [0.717, 1.165) is 5.56 Å². The van der Waals surface area contributed by atoms with Crippen molar-refractivity contribution < 1.29 is 13.2 Å². The zero-order valence-electron chi connectivity index (χ0n) is 17.3. The summed E-state index contributed by atoms with van der Waals surface area (Å²) in [6.07, 6.45) is 9.06. The first-order chi connectivity index (χ1) is 15.4. The Morgan fingerprint density at radius 1 is 1.03 bits per heavy atom. The van der Waals surface area contributed by atoms with Gasteiger partial charge in [-0.05, 0) is 24.1 Å². The molecule has 3 N–H and O–H groups in total. The highest BCUT2D eigenvalue weighted by Gasteiger charge is 2.32. The van der Waals surface area contributed by atoms with Crippen LogP contribution in [0.25, 0.3) is 11.4 Å². The third-order valence-electron chi connectivity index (χ3n) is 4.90. The van der Waals surface area contributed by atoms with E-state index in [9.17, 15) is 8.42 Å². The van der Waals surface area contributed by atoms with Gasteiger partial charge >= 0.3 is 0 Å². The summed E-state index contributed by atoms with van der Waals surface area (Å²) in [7, 11) is -3.74. The van der Waals surface area contributed by atoms with Crippen LogP contribution in [0.15, 0.2) is 85.2 Å². The number of hydrogen-bond donors (Lipinski definition) is 2. The lowest BCUT2D eigenvalue weighted by Gasteiger charge is -2.31. The fourth-order valence-corrected chi connectivity index (χ4v) is 4.49. The van der Waals surface area contributed by atoms with Crippen LogP contribution in [0, 0.1) is 0 Å². The van der Waals surface area contributed by atoms with Crippen molar-refractivity contribution in [1.82, 2.24) is 15.0 Å². The molecular weight excluding hydrogens is 426 g/mol. The van der Waals surface area contributed by atoms with Crippen LogP contribution in [0.5, 0.6) is 5.75 Å². The Hall–Kier alpha value is -3.56. The van der Waals surface area contributed by atoms with Gasteiger partial charge in [-0.3, -0.25) is 0 Å². The van der Waals surface area contributed by atoms with Crippen LogP contribution in [0.2, 0.25) is 0 Å². The average Bonchev–Trinajstić information content (AvgIpc) is 2.78. The van der Waals surface area contributed by atoms with Crippen LogP contribution in [0.3, 0.4) is 0 Å². The minimum Gasteiger partial charge on any atom is -0.488 e. The second kappa shape index (κ2) is 9.29. The Morgan fingerprint density at radius 3 is 2.56 bits per heavy atom. The molecule has 2 aromatic carbocycles. The van der Waals surface area contributed by atoms with Gasteiger partial charge in [-0.25, -0.2) is 23.5 Å². The van der Waals surface area contributed by atoms with Crippen molar-refractivity contribution in [3.63, 3.8) is 0 Å². The highest BCUT2D eigenvalue weighted by molar-refractivity contribution is 7.89. The fourth-order valence-electron chi connectivity index (χ4n) is 3.48. The van der Waals surface area contributed by atoms with Crippen molar-refractivity contribution >= 4 is 16.0 Å². The number of nitrogens with one attached hydrogen (secondary N) is 1. The molecule has 0 amide bonds. The Bertz CT molecular complexity index is 1250. The van der Waals surface area contributed by atoms with E-state index in [0.29, 0.717) is 30.2 Å². The van der Waals surface area contributed by atoms with Crippen molar-refractivity contribution in [2.45, 2.75) is 18.6 Å². The SMILES string of the molecule is NS(=O)(=O)CC1(Nc2ncnc(-c3ccccc3OCc3ccccc3)n2)C=CC=CC1. The van der Waals surface area contributed by atoms with E-state index in [4.69, 9.17) is 9.88 Å². The number of hydrogen-bond acceptors (Lipinski definition) is 7. The first-order valence-corrected chi connectivity index (χ1v) is 11.7. The number of ether oxygens (including phenoxy) is 1. The fraction of sp³-hybridized carbons (Fsp3) is 0.174. The highest BCUT2D eigenvalue weighted by Crippen LogP contribution is 2.29. The maximum atomic E-state index is 11.8. The summed E-state index contributed by atoms with van der Waals surface area (Å²) in [5.41, 5.74) is 0.806. The average molecular weight is 450 g/mol. The molecule has 164 valence electrons. The van der Waals surface area contributed by atoms with E-state index in [1.165, 1.54) is 6.33 Å². The lowest BCUT2D eigenvalue weighted by molar-refractivity contribution is 0.307. The van der Waals surface area contributed by atoms with Gasteiger partial charge in [0.1, 0.15) is 18.7 Å². The van der Waals surface area contributed by atoms with Crippen molar-refractivity contribution in [2.75, 3.05) is 11.1 Å². The largest absolute Gasteiger partial charge is 0.488 e. The lowest BCUT2D eigenvalue weighted by atomic mass is 9.93. The molecule has 0 saturated carbocycles. The van der Waals surface area contributed by atoms with Crippen LogP contribution < -0.4 is 15.2 Å². The number of nitrogens with zero attached hydrogens (tertiary/aromatic N) is 3. The van der Waals surface area contributed by atoms with E-state index in [2.05, 4.69) is 20.3 Å². The Morgan fingerprint density at radius 2 is 1.81 bits per heavy atom. The van der Waals surface area contributed by atoms with Crippen LogP contribution in [0.4, 0.5) is 5.95 Å². The first kappa shape index (κ1) is 21.7. The molecule has 0 fully saturated rings. The molecule has 0 saturated heterocycles. The molecule has 1 aliphatic rings. The van der Waals surface area contributed by atoms with Crippen molar-refractivity contribution in [3.8, 4) is 17.1 Å². The molecule has 1 aromatic heterocycles. The van der Waals surface area contributed by atoms with Gasteiger partial charge in [0.05, 0.1) is 16.9 Å². The third-order valence-corrected chi connectivity index (χ3v) is 5.82. The molecule has 0 radical (unpaired) electrons. The first-order valence-electron chi connectivity index (χ1n) is 10.0. The number of sulfonamides is 1. The molecule has 0 bridgehead atoms. The van der Waals surface area contributed by atoms with Gasteiger partial charge in [-0.1, -0.05) is 66.8 Å². The zero-order valence-corrected chi connectivity index (χ0v) is 18.1. The van der Waals surface area contributed by atoms with Crippen molar-refractivity contribution in [3.05, 3.63) is 90.8 Å². The van der Waals surface area contributed by atoms with Gasteiger partial charge in [-0.15, -0.1) is 0 Å². The summed E-state index contributed by atoms with van der Waals surface area (Å²) in [6.45, 7) is 0.405. The smallest absolute Gasteiger partial charge is 0.226 e. The van der Waals surface area contributed by atoms with Gasteiger partial charge in [0.15, 0.2) is 5.82 Å². The number of aromatic nitrogens is 3. The third kappa shape index (κ3) is 5.57. The normalized spacial score (nSPS) is 17.8. The molecule has 0 aliphatic heterocycles. The number of anilines is 1. The monoisotopic (exact) mass is 449 g/mol. The predicted molar refractivity (Wildman–Crippen MR) is 123 cm³/mol. The number of nitrogens with two attached hydrogens (primary N) is 1. The number of allylic oxidation sites excluding steroid dienone is 2. The predicted octanol–water partition coefficient (Wildman–Crippen LogP) is 3.07. The van der Waals surface area contributed by atoms with Crippen molar-refractivity contribution in [1.29, 1.82) is 0 Å². The Labute approximate surface area is 187 Å². The number of para-hydroxylation sites is 1. The van der Waals surface area contributed by atoms with E-state index in [1.807, 2.05) is 66.7 Å². The summed E-state index contributed by atoms with van der Waals surface area (Å²) in [5, 5.41) is 8.47. The van der Waals surface area contributed by atoms with Crippen LogP contribution in [-0.4, -0.2) is 34.7 Å². The molecule has 1 unspecified atom stereocenters. The molecule has 0 spiro atoms. The van der Waals surface area contributed by atoms with Gasteiger partial charge in [0.2, 0.25) is 16.0 Å². The number of primary sulfonamides is 1. The van der Waals surface area contributed by atoms with E-state index in [1.54, 1.807) is 12.2 Å². The van der Waals surface area contributed by atoms with Gasteiger partial charge in [-0.2, -0.15) is 4.98 Å². The van der Waals surface area contributed by atoms with E-state index >= 15 is 0 Å². The molecule has 1 atom stereocenters. The van der Waals surface area contributed by atoms with Crippen LogP contribution in [0.1, 0.15) is 12.0 Å². The highest BCUT2D eigenvalue weighted by atomic mass is 32.2. The summed E-state index contributed by atoms with van der Waals surface area (Å²) in [6, 6.07) is 17.3. The maximum absolute atomic E-state index is 11.8. The topological polar surface area (TPSA) is 120 Å². The van der Waals surface area contributed by atoms with Gasteiger partial charge < -0.3 is 10.1 Å². The number of rotatable bonds is 8. The minimum absolute atomic E-state index is 0.247. The van der Waals surface area contributed by atoms with E-state index < -0.39 is 15.6 Å². The summed E-state index contributed by atoms with van der Waals surface area (Å²) >= 11 is 0. The van der Waals surface area contributed by atoms with Crippen molar-refractivity contribution in [2.24, 2.45) is 5.14 Å². The molecule has 4 rings (SSSR count). The summed E-state index contributed by atoms with van der Waals surface area (Å²) in [5.74, 6) is 0.996. The second-order valence-electron chi connectivity index (χ2n) is 7.48. The molecule has 1 aliphatic carbocycles. The summed E-state index contributed by atoms with van der Waals surface area (Å²) < 4.78 is 29.7.